The first-order valence-corrected chi connectivity index (χ1v) is 7.92. The summed E-state index contributed by atoms with van der Waals surface area (Å²) < 4.78 is 5.43. The smallest absolute Gasteiger partial charge is 0.234 e. The quantitative estimate of drug-likeness (QED) is 0.748. The van der Waals surface area contributed by atoms with Crippen LogP contribution in [-0.4, -0.2) is 38.3 Å². The molecule has 4 nitrogen and oxygen atoms in total. The molecule has 1 aliphatic heterocycles. The van der Waals surface area contributed by atoms with Gasteiger partial charge in [-0.3, -0.25) is 4.79 Å². The molecule has 1 aliphatic carbocycles. The zero-order valence-electron chi connectivity index (χ0n) is 12.0. The van der Waals surface area contributed by atoms with Crippen molar-refractivity contribution in [3.8, 4) is 0 Å². The highest BCUT2D eigenvalue weighted by Gasteiger charge is 2.16. The Morgan fingerprint density at radius 3 is 2.53 bits per heavy atom. The number of amides is 1. The second kappa shape index (κ2) is 8.54. The monoisotopic (exact) mass is 268 g/mol. The highest BCUT2D eigenvalue weighted by Crippen LogP contribution is 2.17. The van der Waals surface area contributed by atoms with Crippen LogP contribution in [0.15, 0.2) is 0 Å². The van der Waals surface area contributed by atoms with Crippen LogP contribution in [0.3, 0.4) is 0 Å². The molecule has 110 valence electrons. The van der Waals surface area contributed by atoms with Gasteiger partial charge in [0.2, 0.25) is 5.91 Å². The van der Waals surface area contributed by atoms with Crippen molar-refractivity contribution in [1.29, 1.82) is 0 Å². The SMILES string of the molecule is O=C(CNCC1CCCOC1)NC1CCCCCC1. The Morgan fingerprint density at radius 1 is 1.05 bits per heavy atom. The van der Waals surface area contributed by atoms with Crippen LogP contribution in [0.4, 0.5) is 0 Å². The van der Waals surface area contributed by atoms with Gasteiger partial charge in [0.25, 0.3) is 0 Å². The van der Waals surface area contributed by atoms with E-state index in [-0.39, 0.29) is 5.91 Å². The molecule has 4 heteroatoms. The van der Waals surface area contributed by atoms with Crippen LogP contribution >= 0.6 is 0 Å². The highest BCUT2D eigenvalue weighted by molar-refractivity contribution is 5.78. The van der Waals surface area contributed by atoms with Gasteiger partial charge in [-0.15, -0.1) is 0 Å². The summed E-state index contributed by atoms with van der Waals surface area (Å²) >= 11 is 0. The van der Waals surface area contributed by atoms with Crippen molar-refractivity contribution in [2.75, 3.05) is 26.3 Å². The largest absolute Gasteiger partial charge is 0.381 e. The van der Waals surface area contributed by atoms with E-state index in [1.807, 2.05) is 0 Å². The van der Waals surface area contributed by atoms with Crippen LogP contribution in [0.2, 0.25) is 0 Å². The molecule has 2 aliphatic rings. The van der Waals surface area contributed by atoms with Crippen molar-refractivity contribution < 1.29 is 9.53 Å². The van der Waals surface area contributed by atoms with E-state index in [9.17, 15) is 4.79 Å². The fourth-order valence-electron chi connectivity index (χ4n) is 3.06. The third-order valence-corrected chi connectivity index (χ3v) is 4.19. The van der Waals surface area contributed by atoms with Gasteiger partial charge in [0, 0.05) is 19.2 Å². The minimum atomic E-state index is 0.156. The summed E-state index contributed by atoms with van der Waals surface area (Å²) in [5.41, 5.74) is 0. The number of nitrogens with one attached hydrogen (secondary N) is 2. The van der Waals surface area contributed by atoms with E-state index < -0.39 is 0 Å². The van der Waals surface area contributed by atoms with Crippen molar-refractivity contribution >= 4 is 5.91 Å². The van der Waals surface area contributed by atoms with E-state index in [1.165, 1.54) is 32.1 Å². The van der Waals surface area contributed by atoms with Gasteiger partial charge in [-0.2, -0.15) is 0 Å². The molecule has 0 spiro atoms. The van der Waals surface area contributed by atoms with Crippen LogP contribution < -0.4 is 10.6 Å². The van der Waals surface area contributed by atoms with E-state index >= 15 is 0 Å². The Kier molecular flexibility index (Phi) is 6.65. The van der Waals surface area contributed by atoms with Crippen molar-refractivity contribution in [2.45, 2.75) is 57.4 Å². The molecule has 19 heavy (non-hydrogen) atoms. The Morgan fingerprint density at radius 2 is 1.84 bits per heavy atom. The summed E-state index contributed by atoms with van der Waals surface area (Å²) in [6, 6.07) is 0.412. The fraction of sp³-hybridized carbons (Fsp3) is 0.933. The maximum Gasteiger partial charge on any atom is 0.234 e. The molecule has 1 unspecified atom stereocenters. The van der Waals surface area contributed by atoms with Gasteiger partial charge in [0.05, 0.1) is 13.2 Å². The highest BCUT2D eigenvalue weighted by atomic mass is 16.5. The average molecular weight is 268 g/mol. The Bertz CT molecular complexity index is 257. The van der Waals surface area contributed by atoms with Crippen LogP contribution in [0.5, 0.6) is 0 Å². The molecular formula is C15H28N2O2. The Labute approximate surface area is 116 Å². The molecule has 2 N–H and O–H groups in total. The van der Waals surface area contributed by atoms with Gasteiger partial charge in [-0.05, 0) is 31.6 Å². The lowest BCUT2D eigenvalue weighted by Gasteiger charge is -2.22. The molecule has 1 saturated carbocycles. The molecule has 2 fully saturated rings. The summed E-state index contributed by atoms with van der Waals surface area (Å²) in [7, 11) is 0. The third kappa shape index (κ3) is 5.91. The molecule has 1 saturated heterocycles. The molecule has 0 aromatic rings. The first-order valence-electron chi connectivity index (χ1n) is 7.92. The van der Waals surface area contributed by atoms with Gasteiger partial charge in [0.15, 0.2) is 0 Å². The van der Waals surface area contributed by atoms with Crippen molar-refractivity contribution in [1.82, 2.24) is 10.6 Å². The van der Waals surface area contributed by atoms with E-state index in [0.29, 0.717) is 18.5 Å². The number of carbonyl (C=O) groups excluding carboxylic acids is 1. The topological polar surface area (TPSA) is 50.4 Å². The lowest BCUT2D eigenvalue weighted by Crippen LogP contribution is -2.41. The molecule has 0 bridgehead atoms. The summed E-state index contributed by atoms with van der Waals surface area (Å²) in [4.78, 5) is 11.9. The van der Waals surface area contributed by atoms with Crippen LogP contribution in [0, 0.1) is 5.92 Å². The van der Waals surface area contributed by atoms with Crippen molar-refractivity contribution in [3.05, 3.63) is 0 Å². The lowest BCUT2D eigenvalue weighted by atomic mass is 10.0. The van der Waals surface area contributed by atoms with Gasteiger partial charge < -0.3 is 15.4 Å². The Hall–Kier alpha value is -0.610. The second-order valence-electron chi connectivity index (χ2n) is 5.97. The second-order valence-corrected chi connectivity index (χ2v) is 5.97. The lowest BCUT2D eigenvalue weighted by molar-refractivity contribution is -0.121. The molecule has 0 radical (unpaired) electrons. The number of carbonyl (C=O) groups is 1. The summed E-state index contributed by atoms with van der Waals surface area (Å²) in [5.74, 6) is 0.739. The normalized spacial score (nSPS) is 25.8. The van der Waals surface area contributed by atoms with E-state index in [1.54, 1.807) is 0 Å². The maximum absolute atomic E-state index is 11.9. The minimum absolute atomic E-state index is 0.156. The van der Waals surface area contributed by atoms with E-state index in [0.717, 1.165) is 39.0 Å². The molecule has 1 amide bonds. The average Bonchev–Trinajstić information content (AvgIpc) is 2.68. The minimum Gasteiger partial charge on any atom is -0.381 e. The third-order valence-electron chi connectivity index (χ3n) is 4.19. The molecule has 0 aromatic heterocycles. The van der Waals surface area contributed by atoms with Gasteiger partial charge in [-0.25, -0.2) is 0 Å². The van der Waals surface area contributed by atoms with E-state index in [2.05, 4.69) is 10.6 Å². The molecule has 1 heterocycles. The molecule has 0 aromatic carbocycles. The molecule has 1 atom stereocenters. The summed E-state index contributed by atoms with van der Waals surface area (Å²) in [6.07, 6.45) is 9.86. The van der Waals surface area contributed by atoms with Crippen LogP contribution in [0.1, 0.15) is 51.4 Å². The van der Waals surface area contributed by atoms with Crippen LogP contribution in [-0.2, 0) is 9.53 Å². The van der Waals surface area contributed by atoms with Crippen LogP contribution in [0.25, 0.3) is 0 Å². The molecular weight excluding hydrogens is 240 g/mol. The zero-order valence-corrected chi connectivity index (χ0v) is 12.0. The van der Waals surface area contributed by atoms with Crippen molar-refractivity contribution in [3.63, 3.8) is 0 Å². The first kappa shape index (κ1) is 14.8. The first-order chi connectivity index (χ1) is 9.34. The predicted molar refractivity (Wildman–Crippen MR) is 76.0 cm³/mol. The summed E-state index contributed by atoms with van der Waals surface area (Å²) in [6.45, 7) is 3.10. The summed E-state index contributed by atoms with van der Waals surface area (Å²) in [5, 5.41) is 6.43. The number of ether oxygens (including phenoxy) is 1. The van der Waals surface area contributed by atoms with E-state index in [4.69, 9.17) is 4.74 Å². The van der Waals surface area contributed by atoms with Gasteiger partial charge in [-0.1, -0.05) is 25.7 Å². The molecule has 2 rings (SSSR count). The maximum atomic E-state index is 11.9. The van der Waals surface area contributed by atoms with Gasteiger partial charge >= 0.3 is 0 Å². The number of hydrogen-bond donors (Lipinski definition) is 2. The van der Waals surface area contributed by atoms with Crippen molar-refractivity contribution in [2.24, 2.45) is 5.92 Å². The number of hydrogen-bond acceptors (Lipinski definition) is 3. The Balaban J connectivity index is 1.55. The fourth-order valence-corrected chi connectivity index (χ4v) is 3.06. The van der Waals surface area contributed by atoms with Gasteiger partial charge in [0.1, 0.15) is 0 Å². The standard InChI is InChI=1S/C15H28N2O2/c18-15(17-14-7-3-1-2-4-8-14)11-16-10-13-6-5-9-19-12-13/h13-14,16H,1-12H2,(H,17,18). The number of rotatable bonds is 5. The predicted octanol–water partition coefficient (Wildman–Crippen LogP) is 1.84. The zero-order chi connectivity index (χ0) is 13.3.